The zero-order chi connectivity index (χ0) is 16.3. The summed E-state index contributed by atoms with van der Waals surface area (Å²) in [5.41, 5.74) is 0.347. The molecule has 1 aromatic rings. The molecule has 7 nitrogen and oxygen atoms in total. The van der Waals surface area contributed by atoms with E-state index in [9.17, 15) is 18.5 Å². The van der Waals surface area contributed by atoms with Gasteiger partial charge in [0.15, 0.2) is 9.84 Å². The Morgan fingerprint density at radius 1 is 1.45 bits per heavy atom. The molecule has 1 aromatic carbocycles. The average Bonchev–Trinajstić information content (AvgIpc) is 2.46. The molecular formula is C14H21N3O4S. The average molecular weight is 327 g/mol. The van der Waals surface area contributed by atoms with Gasteiger partial charge < -0.3 is 10.2 Å². The number of anilines is 1. The first-order chi connectivity index (χ1) is 10.3. The molecule has 2 rings (SSSR count). The molecule has 1 saturated heterocycles. The van der Waals surface area contributed by atoms with E-state index in [-0.39, 0.29) is 10.6 Å². The van der Waals surface area contributed by atoms with Crippen LogP contribution in [0.4, 0.5) is 11.4 Å². The molecule has 1 fully saturated rings. The lowest BCUT2D eigenvalue weighted by atomic mass is 10.1. The number of nitro benzene ring substituents is 1. The van der Waals surface area contributed by atoms with Crippen LogP contribution in [0.2, 0.25) is 0 Å². The van der Waals surface area contributed by atoms with Gasteiger partial charge in [0.2, 0.25) is 0 Å². The van der Waals surface area contributed by atoms with Crippen LogP contribution in [0.3, 0.4) is 0 Å². The largest absolute Gasteiger partial charge is 0.368 e. The van der Waals surface area contributed by atoms with Crippen molar-refractivity contribution in [1.29, 1.82) is 0 Å². The summed E-state index contributed by atoms with van der Waals surface area (Å²) in [5.74, 6) is 0. The topological polar surface area (TPSA) is 92.5 Å². The van der Waals surface area contributed by atoms with Crippen molar-refractivity contribution in [1.82, 2.24) is 5.32 Å². The third kappa shape index (κ3) is 3.75. The lowest BCUT2D eigenvalue weighted by Gasteiger charge is -2.36. The monoisotopic (exact) mass is 327 g/mol. The van der Waals surface area contributed by atoms with Crippen molar-refractivity contribution >= 4 is 21.2 Å². The van der Waals surface area contributed by atoms with Gasteiger partial charge in [-0.2, -0.15) is 0 Å². The van der Waals surface area contributed by atoms with Gasteiger partial charge in [-0.25, -0.2) is 8.42 Å². The maximum absolute atomic E-state index is 12.0. The minimum Gasteiger partial charge on any atom is -0.368 e. The van der Waals surface area contributed by atoms with E-state index in [1.807, 2.05) is 4.90 Å². The smallest absolute Gasteiger partial charge is 0.270 e. The molecule has 1 unspecified atom stereocenters. The second-order valence-electron chi connectivity index (χ2n) is 5.57. The van der Waals surface area contributed by atoms with Crippen LogP contribution in [0.15, 0.2) is 23.1 Å². The first-order valence-corrected chi connectivity index (χ1v) is 9.19. The third-order valence-electron chi connectivity index (χ3n) is 3.79. The van der Waals surface area contributed by atoms with Crippen LogP contribution in [0.5, 0.6) is 0 Å². The molecule has 0 aliphatic carbocycles. The molecule has 1 N–H and O–H groups in total. The predicted molar refractivity (Wildman–Crippen MR) is 85.1 cm³/mol. The van der Waals surface area contributed by atoms with Gasteiger partial charge in [0.1, 0.15) is 0 Å². The molecular weight excluding hydrogens is 306 g/mol. The van der Waals surface area contributed by atoms with E-state index in [1.165, 1.54) is 6.07 Å². The Balaban J connectivity index is 2.39. The van der Waals surface area contributed by atoms with Gasteiger partial charge >= 0.3 is 0 Å². The molecule has 122 valence electrons. The summed E-state index contributed by atoms with van der Waals surface area (Å²) in [6, 6.07) is 4.37. The first kappa shape index (κ1) is 16.7. The van der Waals surface area contributed by atoms with Crippen molar-refractivity contribution in [3.63, 3.8) is 0 Å². The summed E-state index contributed by atoms with van der Waals surface area (Å²) in [6.45, 7) is 4.26. The van der Waals surface area contributed by atoms with Crippen LogP contribution < -0.4 is 10.2 Å². The normalized spacial score (nSPS) is 19.2. The predicted octanol–water partition coefficient (Wildman–Crippen LogP) is 1.58. The molecule has 22 heavy (non-hydrogen) atoms. The van der Waals surface area contributed by atoms with Gasteiger partial charge in [-0.1, -0.05) is 13.3 Å². The SMILES string of the molecule is CCCC1CN(c2ccc([N+](=O)[O-])cc2S(C)(=O)=O)CCN1. The fourth-order valence-corrected chi connectivity index (χ4v) is 3.67. The highest BCUT2D eigenvalue weighted by Crippen LogP contribution is 2.30. The van der Waals surface area contributed by atoms with Crippen LogP contribution in [0.1, 0.15) is 19.8 Å². The number of rotatable bonds is 5. The summed E-state index contributed by atoms with van der Waals surface area (Å²) in [6.07, 6.45) is 3.14. The molecule has 8 heteroatoms. The van der Waals surface area contributed by atoms with E-state index in [0.717, 1.165) is 31.7 Å². The molecule has 1 aliphatic rings. The Bertz CT molecular complexity index is 658. The summed E-state index contributed by atoms with van der Waals surface area (Å²) in [5, 5.41) is 14.3. The van der Waals surface area contributed by atoms with Crippen LogP contribution in [-0.4, -0.2) is 45.3 Å². The number of nitrogens with zero attached hydrogens (tertiary/aromatic N) is 2. The van der Waals surface area contributed by atoms with E-state index >= 15 is 0 Å². The second kappa shape index (κ2) is 6.62. The summed E-state index contributed by atoms with van der Waals surface area (Å²) >= 11 is 0. The van der Waals surface area contributed by atoms with Gasteiger partial charge in [-0.15, -0.1) is 0 Å². The zero-order valence-corrected chi connectivity index (χ0v) is 13.6. The van der Waals surface area contributed by atoms with E-state index in [1.54, 1.807) is 6.07 Å². The molecule has 0 saturated carbocycles. The van der Waals surface area contributed by atoms with Gasteiger partial charge in [-0.3, -0.25) is 10.1 Å². The number of hydrogen-bond donors (Lipinski definition) is 1. The van der Waals surface area contributed by atoms with Crippen molar-refractivity contribution in [2.75, 3.05) is 30.8 Å². The van der Waals surface area contributed by atoms with E-state index < -0.39 is 14.8 Å². The molecule has 0 aromatic heterocycles. The Morgan fingerprint density at radius 2 is 2.18 bits per heavy atom. The Hall–Kier alpha value is -1.67. The highest BCUT2D eigenvalue weighted by molar-refractivity contribution is 7.90. The molecule has 1 aliphatic heterocycles. The van der Waals surface area contributed by atoms with Crippen molar-refractivity contribution in [3.05, 3.63) is 28.3 Å². The minimum atomic E-state index is -3.54. The molecule has 1 heterocycles. The number of nitro groups is 1. The van der Waals surface area contributed by atoms with E-state index in [2.05, 4.69) is 12.2 Å². The van der Waals surface area contributed by atoms with Crippen molar-refractivity contribution in [2.24, 2.45) is 0 Å². The van der Waals surface area contributed by atoms with Crippen molar-refractivity contribution in [2.45, 2.75) is 30.7 Å². The van der Waals surface area contributed by atoms with Crippen LogP contribution in [0.25, 0.3) is 0 Å². The van der Waals surface area contributed by atoms with Gasteiger partial charge in [0.25, 0.3) is 5.69 Å². The van der Waals surface area contributed by atoms with E-state index in [0.29, 0.717) is 24.8 Å². The number of piperazine rings is 1. The number of nitrogens with one attached hydrogen (secondary N) is 1. The lowest BCUT2D eigenvalue weighted by Crippen LogP contribution is -2.51. The molecule has 1 atom stereocenters. The van der Waals surface area contributed by atoms with Crippen molar-refractivity contribution < 1.29 is 13.3 Å². The second-order valence-corrected chi connectivity index (χ2v) is 7.55. The summed E-state index contributed by atoms with van der Waals surface area (Å²) in [7, 11) is -3.54. The number of sulfone groups is 1. The van der Waals surface area contributed by atoms with Gasteiger partial charge in [0, 0.05) is 44.1 Å². The molecule has 0 amide bonds. The Kier molecular flexibility index (Phi) is 5.02. The van der Waals surface area contributed by atoms with Crippen molar-refractivity contribution in [3.8, 4) is 0 Å². The molecule has 0 bridgehead atoms. The maximum atomic E-state index is 12.0. The van der Waals surface area contributed by atoms with Crippen LogP contribution in [0, 0.1) is 10.1 Å². The number of hydrogen-bond acceptors (Lipinski definition) is 6. The minimum absolute atomic E-state index is 0.0267. The molecule has 0 spiro atoms. The Morgan fingerprint density at radius 3 is 2.77 bits per heavy atom. The highest BCUT2D eigenvalue weighted by atomic mass is 32.2. The highest BCUT2D eigenvalue weighted by Gasteiger charge is 2.25. The fraction of sp³-hybridized carbons (Fsp3) is 0.571. The third-order valence-corrected chi connectivity index (χ3v) is 4.91. The maximum Gasteiger partial charge on any atom is 0.270 e. The summed E-state index contributed by atoms with van der Waals surface area (Å²) < 4.78 is 24.0. The van der Waals surface area contributed by atoms with E-state index in [4.69, 9.17) is 0 Å². The lowest BCUT2D eigenvalue weighted by molar-refractivity contribution is -0.385. The fourth-order valence-electron chi connectivity index (χ4n) is 2.76. The zero-order valence-electron chi connectivity index (χ0n) is 12.8. The molecule has 0 radical (unpaired) electrons. The van der Waals surface area contributed by atoms with Gasteiger partial charge in [0.05, 0.1) is 15.5 Å². The number of non-ortho nitro benzene ring substituents is 1. The number of benzene rings is 1. The first-order valence-electron chi connectivity index (χ1n) is 7.29. The van der Waals surface area contributed by atoms with Crippen LogP contribution >= 0.6 is 0 Å². The summed E-state index contributed by atoms with van der Waals surface area (Å²) in [4.78, 5) is 12.3. The quantitative estimate of drug-likeness (QED) is 0.652. The van der Waals surface area contributed by atoms with Crippen LogP contribution in [-0.2, 0) is 9.84 Å². The van der Waals surface area contributed by atoms with Gasteiger partial charge in [-0.05, 0) is 12.5 Å². The Labute approximate surface area is 130 Å². The standard InChI is InChI=1S/C14H21N3O4S/c1-3-4-11-10-16(8-7-15-11)13-6-5-12(17(18)19)9-14(13)22(2,20)21/h5-6,9,11,15H,3-4,7-8,10H2,1-2H3.